The summed E-state index contributed by atoms with van der Waals surface area (Å²) in [7, 11) is 0. The van der Waals surface area contributed by atoms with E-state index in [9.17, 15) is 0 Å². The van der Waals surface area contributed by atoms with Crippen LogP contribution in [0.3, 0.4) is 0 Å². The van der Waals surface area contributed by atoms with Crippen molar-refractivity contribution in [2.75, 3.05) is 39.3 Å². The predicted octanol–water partition coefficient (Wildman–Crippen LogP) is 0.685. The fourth-order valence-corrected chi connectivity index (χ4v) is 2.10. The van der Waals surface area contributed by atoms with Crippen molar-refractivity contribution in [3.05, 3.63) is 0 Å². The third-order valence-electron chi connectivity index (χ3n) is 2.99. The van der Waals surface area contributed by atoms with E-state index < -0.39 is 0 Å². The highest BCUT2D eigenvalue weighted by molar-refractivity contribution is 4.77. The molecule has 1 aliphatic heterocycles. The van der Waals surface area contributed by atoms with E-state index in [-0.39, 0.29) is 0 Å². The second kappa shape index (κ2) is 7.21. The monoisotopic (exact) mass is 198 g/mol. The lowest BCUT2D eigenvalue weighted by molar-refractivity contribution is 0.170. The molecule has 0 saturated carbocycles. The zero-order valence-electron chi connectivity index (χ0n) is 9.63. The first-order valence-corrected chi connectivity index (χ1v) is 5.96. The molecule has 1 fully saturated rings. The summed E-state index contributed by atoms with van der Waals surface area (Å²) in [5.74, 6) is 0. The minimum Gasteiger partial charge on any atom is -0.316 e. The number of nitrogens with one attached hydrogen (secondary N) is 1. The van der Waals surface area contributed by atoms with Crippen LogP contribution in [0.2, 0.25) is 0 Å². The van der Waals surface area contributed by atoms with E-state index in [2.05, 4.69) is 29.4 Å². The molecule has 1 heterocycles. The Hall–Kier alpha value is -0.120. The van der Waals surface area contributed by atoms with Gasteiger partial charge in [-0.05, 0) is 25.9 Å². The van der Waals surface area contributed by atoms with E-state index in [1.165, 1.54) is 25.9 Å². The fraction of sp³-hybridized carbons (Fsp3) is 1.00. The lowest BCUT2D eigenvalue weighted by Gasteiger charge is -2.33. The van der Waals surface area contributed by atoms with Gasteiger partial charge in [-0.15, -0.1) is 0 Å². The number of rotatable bonds is 6. The smallest absolute Gasteiger partial charge is 0.0148 e. The molecular weight excluding hydrogens is 174 g/mol. The van der Waals surface area contributed by atoms with E-state index in [4.69, 9.17) is 0 Å². The van der Waals surface area contributed by atoms with E-state index >= 15 is 0 Å². The van der Waals surface area contributed by atoms with Gasteiger partial charge in [-0.25, -0.2) is 5.32 Å². The van der Waals surface area contributed by atoms with Gasteiger partial charge in [0.1, 0.15) is 0 Å². The summed E-state index contributed by atoms with van der Waals surface area (Å²) in [6, 6.07) is 0.788. The Labute approximate surface area is 88.2 Å². The first-order valence-electron chi connectivity index (χ1n) is 5.96. The molecule has 0 amide bonds. The van der Waals surface area contributed by atoms with Crippen molar-refractivity contribution >= 4 is 0 Å². The number of nitrogens with zero attached hydrogens (tertiary/aromatic N) is 2. The zero-order chi connectivity index (χ0) is 10.2. The average molecular weight is 198 g/mol. The second-order valence-electron chi connectivity index (χ2n) is 3.88. The highest BCUT2D eigenvalue weighted by Crippen LogP contribution is 2.11. The van der Waals surface area contributed by atoms with Crippen LogP contribution >= 0.6 is 0 Å². The molecule has 0 aliphatic carbocycles. The van der Waals surface area contributed by atoms with Gasteiger partial charge < -0.3 is 5.32 Å². The van der Waals surface area contributed by atoms with Crippen LogP contribution in [0.5, 0.6) is 0 Å². The molecule has 0 aromatic rings. The molecule has 1 aliphatic rings. The highest BCUT2D eigenvalue weighted by atomic mass is 15.2. The van der Waals surface area contributed by atoms with Crippen molar-refractivity contribution in [1.82, 2.24) is 15.5 Å². The van der Waals surface area contributed by atoms with Crippen LogP contribution in [0, 0.1) is 0 Å². The normalized spacial score (nSPS) is 19.1. The minimum absolute atomic E-state index is 0.788. The molecule has 3 nitrogen and oxygen atoms in total. The Morgan fingerprint density at radius 2 is 2.00 bits per heavy atom. The van der Waals surface area contributed by atoms with E-state index in [0.717, 1.165) is 32.2 Å². The van der Waals surface area contributed by atoms with Crippen molar-refractivity contribution in [1.29, 1.82) is 0 Å². The van der Waals surface area contributed by atoms with Gasteiger partial charge in [0.2, 0.25) is 0 Å². The molecule has 83 valence electrons. The molecule has 1 rings (SSSR count). The molecule has 14 heavy (non-hydrogen) atoms. The molecule has 0 bridgehead atoms. The van der Waals surface area contributed by atoms with Gasteiger partial charge in [-0.1, -0.05) is 13.8 Å². The van der Waals surface area contributed by atoms with E-state index in [0.29, 0.717) is 0 Å². The maximum Gasteiger partial charge on any atom is 0.0148 e. The Morgan fingerprint density at radius 3 is 2.57 bits per heavy atom. The molecule has 0 aromatic carbocycles. The van der Waals surface area contributed by atoms with Crippen molar-refractivity contribution < 1.29 is 0 Å². The van der Waals surface area contributed by atoms with Crippen LogP contribution in [0.25, 0.3) is 0 Å². The number of piperidine rings is 1. The third-order valence-corrected chi connectivity index (χ3v) is 2.99. The summed E-state index contributed by atoms with van der Waals surface area (Å²) < 4.78 is 0. The third kappa shape index (κ3) is 3.95. The number of likely N-dealkylation sites (N-methyl/N-ethyl adjacent to an activating group) is 2. The average Bonchev–Trinajstić information content (AvgIpc) is 2.26. The van der Waals surface area contributed by atoms with Gasteiger partial charge >= 0.3 is 0 Å². The van der Waals surface area contributed by atoms with E-state index in [1.54, 1.807) is 0 Å². The molecule has 1 radical (unpaired) electrons. The van der Waals surface area contributed by atoms with Crippen molar-refractivity contribution in [2.24, 2.45) is 0 Å². The number of hydrogen-bond acceptors (Lipinski definition) is 2. The lowest BCUT2D eigenvalue weighted by Crippen LogP contribution is -2.44. The maximum atomic E-state index is 4.40. The maximum absolute atomic E-state index is 4.40. The van der Waals surface area contributed by atoms with Gasteiger partial charge in [0, 0.05) is 32.2 Å². The van der Waals surface area contributed by atoms with Crippen LogP contribution in [0.15, 0.2) is 0 Å². The lowest BCUT2D eigenvalue weighted by atomic mass is 10.0. The van der Waals surface area contributed by atoms with Gasteiger partial charge in [0.05, 0.1) is 0 Å². The van der Waals surface area contributed by atoms with Gasteiger partial charge in [-0.3, -0.25) is 4.90 Å². The second-order valence-corrected chi connectivity index (χ2v) is 3.88. The summed E-state index contributed by atoms with van der Waals surface area (Å²) >= 11 is 0. The molecule has 3 heteroatoms. The topological polar surface area (TPSA) is 29.4 Å². The van der Waals surface area contributed by atoms with Crippen molar-refractivity contribution in [3.8, 4) is 0 Å². The van der Waals surface area contributed by atoms with E-state index in [1.807, 2.05) is 0 Å². The molecular formula is C11H24N3. The highest BCUT2D eigenvalue weighted by Gasteiger charge is 2.19. The summed E-state index contributed by atoms with van der Waals surface area (Å²) in [6.45, 7) is 11.1. The molecule has 0 aromatic heterocycles. The van der Waals surface area contributed by atoms with Crippen molar-refractivity contribution in [3.63, 3.8) is 0 Å². The van der Waals surface area contributed by atoms with Crippen LogP contribution in [-0.4, -0.2) is 50.2 Å². The van der Waals surface area contributed by atoms with Gasteiger partial charge in [0.15, 0.2) is 0 Å². The Kier molecular flexibility index (Phi) is 6.15. The molecule has 1 N–H and O–H groups in total. The minimum atomic E-state index is 0.788. The van der Waals surface area contributed by atoms with Gasteiger partial charge in [0.25, 0.3) is 0 Å². The molecule has 0 atom stereocenters. The first-order chi connectivity index (χ1) is 6.88. The Bertz CT molecular complexity index is 132. The first kappa shape index (κ1) is 12.0. The van der Waals surface area contributed by atoms with Crippen LogP contribution in [0.1, 0.15) is 26.7 Å². The zero-order valence-corrected chi connectivity index (χ0v) is 9.63. The summed E-state index contributed by atoms with van der Waals surface area (Å²) in [4.78, 5) is 2.59. The van der Waals surface area contributed by atoms with Gasteiger partial charge in [-0.2, -0.15) is 0 Å². The molecule has 1 saturated heterocycles. The van der Waals surface area contributed by atoms with Crippen LogP contribution in [-0.2, 0) is 0 Å². The fourth-order valence-electron chi connectivity index (χ4n) is 2.10. The standard InChI is InChI=1S/C11H24N3/c1-3-12-9-10-14(4-2)11-5-7-13-8-6-11/h11-12H,3-10H2,1-2H3. The Morgan fingerprint density at radius 1 is 1.29 bits per heavy atom. The SMILES string of the molecule is CCNCCN(CC)C1CC[N]CC1. The summed E-state index contributed by atoms with van der Waals surface area (Å²) in [5, 5.41) is 7.79. The summed E-state index contributed by atoms with van der Waals surface area (Å²) in [6.07, 6.45) is 2.53. The Balaban J connectivity index is 2.21. The van der Waals surface area contributed by atoms with Crippen molar-refractivity contribution in [2.45, 2.75) is 32.7 Å². The van der Waals surface area contributed by atoms with Crippen LogP contribution < -0.4 is 10.6 Å². The quantitative estimate of drug-likeness (QED) is 0.636. The molecule has 0 unspecified atom stereocenters. The molecule has 0 spiro atoms. The predicted molar refractivity (Wildman–Crippen MR) is 60.7 cm³/mol. The summed E-state index contributed by atoms with van der Waals surface area (Å²) in [5.41, 5.74) is 0. The number of hydrogen-bond donors (Lipinski definition) is 1. The van der Waals surface area contributed by atoms with Crippen LogP contribution in [0.4, 0.5) is 0 Å². The largest absolute Gasteiger partial charge is 0.316 e.